The van der Waals surface area contributed by atoms with Crippen molar-refractivity contribution in [3.8, 4) is 0 Å². The van der Waals surface area contributed by atoms with Crippen LogP contribution in [-0.4, -0.2) is 12.6 Å². The highest BCUT2D eigenvalue weighted by Crippen LogP contribution is 2.12. The second-order valence-corrected chi connectivity index (χ2v) is 3.59. The summed E-state index contributed by atoms with van der Waals surface area (Å²) < 4.78 is 10.2. The van der Waals surface area contributed by atoms with E-state index in [-0.39, 0.29) is 5.43 Å². The Morgan fingerprint density at radius 1 is 1.39 bits per heavy atom. The molecule has 1 aromatic heterocycles. The van der Waals surface area contributed by atoms with Crippen molar-refractivity contribution < 1.29 is 13.9 Å². The van der Waals surface area contributed by atoms with E-state index in [2.05, 4.69) is 0 Å². The van der Waals surface area contributed by atoms with Gasteiger partial charge >= 0.3 is 5.97 Å². The SMILES string of the molecule is CCOC(=O)/C=C/c1cc(=O)c2ccccc2o1. The average Bonchev–Trinajstić information content (AvgIpc) is 2.37. The van der Waals surface area contributed by atoms with Gasteiger partial charge < -0.3 is 9.15 Å². The minimum absolute atomic E-state index is 0.139. The Morgan fingerprint density at radius 3 is 2.94 bits per heavy atom. The van der Waals surface area contributed by atoms with Gasteiger partial charge in [-0.1, -0.05) is 12.1 Å². The molecule has 0 spiro atoms. The largest absolute Gasteiger partial charge is 0.463 e. The van der Waals surface area contributed by atoms with Crippen LogP contribution >= 0.6 is 0 Å². The Morgan fingerprint density at radius 2 is 2.17 bits per heavy atom. The van der Waals surface area contributed by atoms with Gasteiger partial charge in [-0.05, 0) is 25.1 Å². The predicted molar refractivity (Wildman–Crippen MR) is 68.2 cm³/mol. The number of hydrogen-bond acceptors (Lipinski definition) is 4. The van der Waals surface area contributed by atoms with Crippen LogP contribution in [0.2, 0.25) is 0 Å². The third kappa shape index (κ3) is 2.66. The Hall–Kier alpha value is -2.36. The second kappa shape index (κ2) is 5.31. The highest BCUT2D eigenvalue weighted by atomic mass is 16.5. The van der Waals surface area contributed by atoms with Crippen LogP contribution < -0.4 is 5.43 Å². The van der Waals surface area contributed by atoms with Gasteiger partial charge in [-0.3, -0.25) is 4.79 Å². The van der Waals surface area contributed by atoms with E-state index in [0.717, 1.165) is 0 Å². The molecule has 2 aromatic rings. The molecule has 0 saturated carbocycles. The highest BCUT2D eigenvalue weighted by molar-refractivity contribution is 5.87. The minimum atomic E-state index is -0.465. The van der Waals surface area contributed by atoms with Crippen molar-refractivity contribution >= 4 is 23.0 Å². The van der Waals surface area contributed by atoms with E-state index >= 15 is 0 Å². The van der Waals surface area contributed by atoms with Crippen LogP contribution in [0.25, 0.3) is 17.0 Å². The molecule has 0 radical (unpaired) electrons. The number of carbonyl (C=O) groups excluding carboxylic acids is 1. The molecule has 0 amide bonds. The fourth-order valence-corrected chi connectivity index (χ4v) is 1.55. The summed E-state index contributed by atoms with van der Waals surface area (Å²) in [6, 6.07) is 8.30. The number of fused-ring (bicyclic) bond motifs is 1. The fourth-order valence-electron chi connectivity index (χ4n) is 1.55. The zero-order valence-corrected chi connectivity index (χ0v) is 9.88. The molecular weight excluding hydrogens is 232 g/mol. The summed E-state index contributed by atoms with van der Waals surface area (Å²) in [6.45, 7) is 2.03. The second-order valence-electron chi connectivity index (χ2n) is 3.59. The van der Waals surface area contributed by atoms with Gasteiger partial charge in [-0.25, -0.2) is 4.79 Å². The van der Waals surface area contributed by atoms with E-state index in [1.54, 1.807) is 31.2 Å². The third-order valence-electron chi connectivity index (χ3n) is 2.32. The van der Waals surface area contributed by atoms with Crippen molar-refractivity contribution in [3.63, 3.8) is 0 Å². The molecule has 0 aliphatic rings. The maximum atomic E-state index is 11.8. The lowest BCUT2D eigenvalue weighted by Crippen LogP contribution is -2.01. The lowest BCUT2D eigenvalue weighted by molar-refractivity contribution is -0.137. The molecule has 0 N–H and O–H groups in total. The quantitative estimate of drug-likeness (QED) is 0.614. The number of hydrogen-bond donors (Lipinski definition) is 0. The standard InChI is InChI=1S/C14H12O4/c1-2-17-14(16)8-7-10-9-12(15)11-5-3-4-6-13(11)18-10/h3-9H,2H2,1H3/b8-7+. The summed E-state index contributed by atoms with van der Waals surface area (Å²) in [4.78, 5) is 22.9. The number of benzene rings is 1. The molecule has 0 aliphatic heterocycles. The minimum Gasteiger partial charge on any atom is -0.463 e. The number of rotatable bonds is 3. The molecule has 0 bridgehead atoms. The Labute approximate surface area is 103 Å². The maximum Gasteiger partial charge on any atom is 0.330 e. The van der Waals surface area contributed by atoms with Crippen molar-refractivity contribution in [2.24, 2.45) is 0 Å². The van der Waals surface area contributed by atoms with Gasteiger partial charge in [0, 0.05) is 12.1 Å². The number of ether oxygens (including phenoxy) is 1. The topological polar surface area (TPSA) is 56.5 Å². The molecule has 0 fully saturated rings. The van der Waals surface area contributed by atoms with E-state index in [9.17, 15) is 9.59 Å². The number of para-hydroxylation sites is 1. The zero-order valence-electron chi connectivity index (χ0n) is 9.88. The Kier molecular flexibility index (Phi) is 3.57. The first-order chi connectivity index (χ1) is 8.70. The molecule has 4 heteroatoms. The van der Waals surface area contributed by atoms with Crippen LogP contribution in [0.3, 0.4) is 0 Å². The van der Waals surface area contributed by atoms with Gasteiger partial charge in [0.1, 0.15) is 11.3 Å². The molecule has 2 rings (SSSR count). The first kappa shape index (κ1) is 12.1. The van der Waals surface area contributed by atoms with Gasteiger partial charge in [0.05, 0.1) is 12.0 Å². The summed E-state index contributed by atoms with van der Waals surface area (Å²) in [5.74, 6) is -0.139. The Balaban J connectivity index is 2.35. The molecule has 1 aromatic carbocycles. The van der Waals surface area contributed by atoms with E-state index < -0.39 is 5.97 Å². The van der Waals surface area contributed by atoms with Crippen molar-refractivity contribution in [2.45, 2.75) is 6.92 Å². The lowest BCUT2D eigenvalue weighted by atomic mass is 10.2. The van der Waals surface area contributed by atoms with Crippen LogP contribution in [0.4, 0.5) is 0 Å². The van der Waals surface area contributed by atoms with Crippen molar-refractivity contribution in [1.29, 1.82) is 0 Å². The maximum absolute atomic E-state index is 11.8. The van der Waals surface area contributed by atoms with Crippen LogP contribution in [0, 0.1) is 0 Å². The molecule has 0 saturated heterocycles. The smallest absolute Gasteiger partial charge is 0.330 e. The van der Waals surface area contributed by atoms with Crippen LogP contribution in [0.15, 0.2) is 45.6 Å². The zero-order chi connectivity index (χ0) is 13.0. The Bertz CT molecular complexity index is 652. The monoisotopic (exact) mass is 244 g/mol. The number of esters is 1. The van der Waals surface area contributed by atoms with E-state index in [1.165, 1.54) is 18.2 Å². The molecule has 0 atom stereocenters. The molecule has 18 heavy (non-hydrogen) atoms. The van der Waals surface area contributed by atoms with E-state index in [1.807, 2.05) is 0 Å². The van der Waals surface area contributed by atoms with Gasteiger partial charge in [0.15, 0.2) is 5.43 Å². The lowest BCUT2D eigenvalue weighted by Gasteiger charge is -1.98. The van der Waals surface area contributed by atoms with Crippen LogP contribution in [-0.2, 0) is 9.53 Å². The van der Waals surface area contributed by atoms with Crippen molar-refractivity contribution in [1.82, 2.24) is 0 Å². The van der Waals surface area contributed by atoms with E-state index in [4.69, 9.17) is 9.15 Å². The van der Waals surface area contributed by atoms with Crippen molar-refractivity contribution in [3.05, 3.63) is 52.4 Å². The summed E-state index contributed by atoms with van der Waals surface area (Å²) in [5, 5.41) is 0.519. The van der Waals surface area contributed by atoms with E-state index in [0.29, 0.717) is 23.3 Å². The van der Waals surface area contributed by atoms with Crippen molar-refractivity contribution in [2.75, 3.05) is 6.61 Å². The first-order valence-corrected chi connectivity index (χ1v) is 5.58. The normalized spacial score (nSPS) is 10.9. The molecule has 0 aliphatic carbocycles. The van der Waals surface area contributed by atoms with Crippen LogP contribution in [0.1, 0.15) is 12.7 Å². The van der Waals surface area contributed by atoms with Gasteiger partial charge in [-0.15, -0.1) is 0 Å². The first-order valence-electron chi connectivity index (χ1n) is 5.58. The number of carbonyl (C=O) groups is 1. The highest BCUT2D eigenvalue weighted by Gasteiger charge is 2.02. The molecule has 4 nitrogen and oxygen atoms in total. The molecule has 1 heterocycles. The fraction of sp³-hybridized carbons (Fsp3) is 0.143. The summed E-state index contributed by atoms with van der Waals surface area (Å²) >= 11 is 0. The van der Waals surface area contributed by atoms with Gasteiger partial charge in [-0.2, -0.15) is 0 Å². The average molecular weight is 244 g/mol. The van der Waals surface area contributed by atoms with Gasteiger partial charge in [0.2, 0.25) is 0 Å². The summed E-state index contributed by atoms with van der Waals surface area (Å²) in [6.07, 6.45) is 2.66. The van der Waals surface area contributed by atoms with Gasteiger partial charge in [0.25, 0.3) is 0 Å². The molecule has 92 valence electrons. The molecule has 0 unspecified atom stereocenters. The summed E-state index contributed by atoms with van der Waals surface area (Å²) in [5.41, 5.74) is 0.355. The predicted octanol–water partition coefficient (Wildman–Crippen LogP) is 2.37. The summed E-state index contributed by atoms with van der Waals surface area (Å²) in [7, 11) is 0. The van der Waals surface area contributed by atoms with Crippen LogP contribution in [0.5, 0.6) is 0 Å². The third-order valence-corrected chi connectivity index (χ3v) is 2.32. The molecular formula is C14H12O4.